The number of hydrogen-bond acceptors (Lipinski definition) is 6. The van der Waals surface area contributed by atoms with E-state index in [4.69, 9.17) is 4.74 Å². The molecule has 1 aliphatic rings. The zero-order valence-electron chi connectivity index (χ0n) is 14.1. The third-order valence-electron chi connectivity index (χ3n) is 3.51. The standard InChI is InChI=1S/C15H24N4O3S/c1-5-11-17-18-13(23-11)16-14(21)19-8-6-10(7-9-19)12(20)22-15(2,3)4/h10H,5-9H2,1-4H3,(H,16,18,21). The van der Waals surface area contributed by atoms with Crippen molar-refractivity contribution in [2.75, 3.05) is 18.4 Å². The SMILES string of the molecule is CCc1nnc(NC(=O)N2CCC(C(=O)OC(C)(C)C)CC2)s1. The smallest absolute Gasteiger partial charge is 0.323 e. The van der Waals surface area contributed by atoms with Gasteiger partial charge >= 0.3 is 12.0 Å². The molecule has 1 saturated heterocycles. The predicted molar refractivity (Wildman–Crippen MR) is 88.4 cm³/mol. The van der Waals surface area contributed by atoms with Crippen molar-refractivity contribution in [1.82, 2.24) is 15.1 Å². The van der Waals surface area contributed by atoms with Crippen molar-refractivity contribution in [3.05, 3.63) is 5.01 Å². The van der Waals surface area contributed by atoms with Gasteiger partial charge in [-0.15, -0.1) is 10.2 Å². The van der Waals surface area contributed by atoms with Gasteiger partial charge in [-0.3, -0.25) is 10.1 Å². The van der Waals surface area contributed by atoms with Crippen LogP contribution in [0.5, 0.6) is 0 Å². The molecule has 1 N–H and O–H groups in total. The second-order valence-corrected chi connectivity index (χ2v) is 7.64. The monoisotopic (exact) mass is 340 g/mol. The molecule has 1 aromatic rings. The maximum atomic E-state index is 12.2. The van der Waals surface area contributed by atoms with Crippen molar-refractivity contribution < 1.29 is 14.3 Å². The second kappa shape index (κ2) is 7.25. The van der Waals surface area contributed by atoms with Crippen molar-refractivity contribution in [2.45, 2.75) is 52.6 Å². The van der Waals surface area contributed by atoms with Crippen molar-refractivity contribution in [2.24, 2.45) is 5.92 Å². The lowest BCUT2D eigenvalue weighted by atomic mass is 9.97. The fourth-order valence-corrected chi connectivity index (χ4v) is 2.99. The van der Waals surface area contributed by atoms with E-state index < -0.39 is 5.60 Å². The first-order valence-electron chi connectivity index (χ1n) is 7.89. The van der Waals surface area contributed by atoms with Crippen molar-refractivity contribution in [3.63, 3.8) is 0 Å². The number of nitrogens with zero attached hydrogens (tertiary/aromatic N) is 3. The quantitative estimate of drug-likeness (QED) is 0.855. The van der Waals surface area contributed by atoms with Gasteiger partial charge in [-0.2, -0.15) is 0 Å². The van der Waals surface area contributed by atoms with Crippen LogP contribution >= 0.6 is 11.3 Å². The maximum absolute atomic E-state index is 12.2. The van der Waals surface area contributed by atoms with E-state index in [9.17, 15) is 9.59 Å². The summed E-state index contributed by atoms with van der Waals surface area (Å²) in [5.41, 5.74) is -0.472. The summed E-state index contributed by atoms with van der Waals surface area (Å²) < 4.78 is 5.41. The van der Waals surface area contributed by atoms with Gasteiger partial charge in [0.1, 0.15) is 10.6 Å². The van der Waals surface area contributed by atoms with Gasteiger partial charge in [-0.1, -0.05) is 18.3 Å². The molecule has 0 aliphatic carbocycles. The van der Waals surface area contributed by atoms with Crippen LogP contribution < -0.4 is 5.32 Å². The average Bonchev–Trinajstić information content (AvgIpc) is 2.93. The summed E-state index contributed by atoms with van der Waals surface area (Å²) in [6.45, 7) is 8.65. The van der Waals surface area contributed by atoms with Crippen LogP contribution in [-0.4, -0.2) is 45.8 Å². The van der Waals surface area contributed by atoms with Gasteiger partial charge in [-0.25, -0.2) is 4.79 Å². The number of rotatable bonds is 3. The molecule has 0 radical (unpaired) electrons. The molecule has 0 atom stereocenters. The summed E-state index contributed by atoms with van der Waals surface area (Å²) >= 11 is 1.38. The van der Waals surface area contributed by atoms with Gasteiger partial charge in [-0.05, 0) is 40.0 Å². The van der Waals surface area contributed by atoms with E-state index in [0.717, 1.165) is 11.4 Å². The van der Waals surface area contributed by atoms with E-state index in [2.05, 4.69) is 15.5 Å². The molecule has 2 amide bonds. The van der Waals surface area contributed by atoms with Crippen LogP contribution in [0.1, 0.15) is 45.5 Å². The Bertz CT molecular complexity index is 559. The van der Waals surface area contributed by atoms with Gasteiger partial charge in [0.25, 0.3) is 0 Å². The van der Waals surface area contributed by atoms with Crippen LogP contribution in [-0.2, 0) is 16.0 Å². The number of anilines is 1. The number of aromatic nitrogens is 2. The zero-order valence-corrected chi connectivity index (χ0v) is 14.9. The molecule has 7 nitrogen and oxygen atoms in total. The number of amides is 2. The Morgan fingerprint density at radius 2 is 1.96 bits per heavy atom. The molecule has 2 rings (SSSR count). The van der Waals surface area contributed by atoms with Crippen LogP contribution in [0.25, 0.3) is 0 Å². The lowest BCUT2D eigenvalue weighted by molar-refractivity contribution is -0.161. The van der Waals surface area contributed by atoms with Crippen molar-refractivity contribution >= 4 is 28.5 Å². The number of carbonyl (C=O) groups is 2. The highest BCUT2D eigenvalue weighted by Crippen LogP contribution is 2.22. The molecule has 0 aromatic carbocycles. The first-order valence-corrected chi connectivity index (χ1v) is 8.71. The molecule has 1 aliphatic heterocycles. The van der Waals surface area contributed by atoms with Gasteiger partial charge in [0.05, 0.1) is 5.92 Å². The first kappa shape index (κ1) is 17.7. The molecular formula is C15H24N4O3S. The summed E-state index contributed by atoms with van der Waals surface area (Å²) in [5.74, 6) is -0.305. The van der Waals surface area contributed by atoms with Crippen LogP contribution in [0.15, 0.2) is 0 Å². The summed E-state index contributed by atoms with van der Waals surface area (Å²) in [6.07, 6.45) is 2.05. The number of piperidine rings is 1. The Labute approximate surface area is 140 Å². The Balaban J connectivity index is 1.81. The molecule has 23 heavy (non-hydrogen) atoms. The highest BCUT2D eigenvalue weighted by Gasteiger charge is 2.30. The molecule has 1 fully saturated rings. The summed E-state index contributed by atoms with van der Waals surface area (Å²) in [6, 6.07) is -0.188. The summed E-state index contributed by atoms with van der Waals surface area (Å²) in [5, 5.41) is 12.1. The Kier molecular flexibility index (Phi) is 5.56. The van der Waals surface area contributed by atoms with Gasteiger partial charge < -0.3 is 9.64 Å². The fraction of sp³-hybridized carbons (Fsp3) is 0.733. The molecule has 0 unspecified atom stereocenters. The first-order chi connectivity index (χ1) is 10.8. The fourth-order valence-electron chi connectivity index (χ4n) is 2.32. The van der Waals surface area contributed by atoms with Crippen LogP contribution in [0, 0.1) is 5.92 Å². The molecule has 1 aromatic heterocycles. The van der Waals surface area contributed by atoms with Crippen LogP contribution in [0.2, 0.25) is 0 Å². The third-order valence-corrected chi connectivity index (χ3v) is 4.49. The lowest BCUT2D eigenvalue weighted by Crippen LogP contribution is -2.43. The normalized spacial score (nSPS) is 16.3. The van der Waals surface area contributed by atoms with Crippen molar-refractivity contribution in [3.8, 4) is 0 Å². The molecule has 128 valence electrons. The number of ether oxygens (including phenoxy) is 1. The average molecular weight is 340 g/mol. The van der Waals surface area contributed by atoms with Crippen molar-refractivity contribution in [1.29, 1.82) is 0 Å². The van der Waals surface area contributed by atoms with E-state index in [-0.39, 0.29) is 17.9 Å². The molecule has 0 bridgehead atoms. The molecule has 2 heterocycles. The van der Waals surface area contributed by atoms with E-state index in [1.54, 1.807) is 4.90 Å². The van der Waals surface area contributed by atoms with E-state index in [0.29, 0.717) is 31.1 Å². The van der Waals surface area contributed by atoms with E-state index in [1.165, 1.54) is 11.3 Å². The number of aryl methyl sites for hydroxylation is 1. The highest BCUT2D eigenvalue weighted by molar-refractivity contribution is 7.15. The minimum atomic E-state index is -0.472. The van der Waals surface area contributed by atoms with Crippen LogP contribution in [0.4, 0.5) is 9.93 Å². The Morgan fingerprint density at radius 1 is 1.30 bits per heavy atom. The van der Waals surface area contributed by atoms with Gasteiger partial charge in [0.15, 0.2) is 0 Å². The number of nitrogens with one attached hydrogen (secondary N) is 1. The second-order valence-electron chi connectivity index (χ2n) is 6.58. The Hall–Kier alpha value is -1.70. The zero-order chi connectivity index (χ0) is 17.0. The van der Waals surface area contributed by atoms with Crippen LogP contribution in [0.3, 0.4) is 0 Å². The Morgan fingerprint density at radius 3 is 2.48 bits per heavy atom. The minimum absolute atomic E-state index is 0.133. The predicted octanol–water partition coefficient (Wildman–Crippen LogP) is 2.69. The maximum Gasteiger partial charge on any atom is 0.323 e. The van der Waals surface area contributed by atoms with E-state index in [1.807, 2.05) is 27.7 Å². The minimum Gasteiger partial charge on any atom is -0.460 e. The third kappa shape index (κ3) is 5.16. The number of hydrogen-bond donors (Lipinski definition) is 1. The molecule has 0 saturated carbocycles. The largest absolute Gasteiger partial charge is 0.460 e. The van der Waals surface area contributed by atoms with Gasteiger partial charge in [0.2, 0.25) is 5.13 Å². The summed E-state index contributed by atoms with van der Waals surface area (Å²) in [7, 11) is 0. The highest BCUT2D eigenvalue weighted by atomic mass is 32.1. The number of esters is 1. The lowest BCUT2D eigenvalue weighted by Gasteiger charge is -2.32. The van der Waals surface area contributed by atoms with Gasteiger partial charge in [0, 0.05) is 13.1 Å². The number of likely N-dealkylation sites (tertiary alicyclic amines) is 1. The number of carbonyl (C=O) groups excluding carboxylic acids is 2. The molecular weight excluding hydrogens is 316 g/mol. The molecule has 0 spiro atoms. The topological polar surface area (TPSA) is 84.4 Å². The number of urea groups is 1. The summed E-state index contributed by atoms with van der Waals surface area (Å²) in [4.78, 5) is 26.0. The van der Waals surface area contributed by atoms with E-state index >= 15 is 0 Å². The molecule has 8 heteroatoms.